The first kappa shape index (κ1) is 13.9. The summed E-state index contributed by atoms with van der Waals surface area (Å²) in [6.07, 6.45) is 4.82. The molecule has 1 amide bonds. The molecule has 3 nitrogen and oxygen atoms in total. The van der Waals surface area contributed by atoms with Crippen molar-refractivity contribution < 1.29 is 4.79 Å². The van der Waals surface area contributed by atoms with E-state index in [1.807, 2.05) is 6.92 Å². The Morgan fingerprint density at radius 3 is 2.06 bits per heavy atom. The number of nitrogens with one attached hydrogen (secondary N) is 2. The van der Waals surface area contributed by atoms with Crippen molar-refractivity contribution in [2.45, 2.75) is 78.4 Å². The van der Waals surface area contributed by atoms with E-state index in [1.165, 1.54) is 12.8 Å². The summed E-state index contributed by atoms with van der Waals surface area (Å²) in [5.74, 6) is 0.167. The lowest BCUT2D eigenvalue weighted by molar-refractivity contribution is -0.123. The van der Waals surface area contributed by atoms with Crippen LogP contribution in [0.2, 0.25) is 0 Å². The highest BCUT2D eigenvalue weighted by Crippen LogP contribution is 2.62. The minimum atomic E-state index is -0.0864. The molecule has 0 aromatic rings. The second-order valence-electron chi connectivity index (χ2n) is 7.25. The van der Waals surface area contributed by atoms with E-state index in [4.69, 9.17) is 0 Å². The van der Waals surface area contributed by atoms with Gasteiger partial charge < -0.3 is 10.6 Å². The highest BCUT2D eigenvalue weighted by atomic mass is 16.2. The third-order valence-corrected chi connectivity index (χ3v) is 5.53. The molecule has 2 saturated carbocycles. The monoisotopic (exact) mass is 252 g/mol. The zero-order chi connectivity index (χ0) is 13.6. The molecule has 2 rings (SSSR count). The zero-order valence-electron chi connectivity index (χ0n) is 12.5. The Hall–Kier alpha value is -0.570. The molecule has 2 aliphatic carbocycles. The molecule has 0 aromatic carbocycles. The lowest BCUT2D eigenvalue weighted by Gasteiger charge is -2.18. The SMILES string of the molecule is CC(NC1C(C)(C)C1(C)C)C(=O)NC1CCCC1. The van der Waals surface area contributed by atoms with Crippen molar-refractivity contribution in [2.75, 3.05) is 0 Å². The van der Waals surface area contributed by atoms with Crippen LogP contribution in [0.1, 0.15) is 60.3 Å². The van der Waals surface area contributed by atoms with E-state index in [0.717, 1.165) is 12.8 Å². The first-order valence-corrected chi connectivity index (χ1v) is 7.33. The molecule has 0 radical (unpaired) electrons. The van der Waals surface area contributed by atoms with Gasteiger partial charge in [0.05, 0.1) is 6.04 Å². The van der Waals surface area contributed by atoms with Crippen molar-refractivity contribution in [3.8, 4) is 0 Å². The Balaban J connectivity index is 1.81. The van der Waals surface area contributed by atoms with Gasteiger partial charge in [0.1, 0.15) is 0 Å². The molecule has 3 heteroatoms. The van der Waals surface area contributed by atoms with Crippen molar-refractivity contribution in [3.63, 3.8) is 0 Å². The van der Waals surface area contributed by atoms with E-state index in [1.54, 1.807) is 0 Å². The summed E-state index contributed by atoms with van der Waals surface area (Å²) in [5, 5.41) is 6.66. The maximum absolute atomic E-state index is 12.1. The predicted octanol–water partition coefficient (Wildman–Crippen LogP) is 2.46. The number of hydrogen-bond acceptors (Lipinski definition) is 2. The molecule has 1 atom stereocenters. The maximum atomic E-state index is 12.1. The third-order valence-electron chi connectivity index (χ3n) is 5.53. The first-order chi connectivity index (χ1) is 8.26. The predicted molar refractivity (Wildman–Crippen MR) is 74.3 cm³/mol. The van der Waals surface area contributed by atoms with Crippen LogP contribution in [0.4, 0.5) is 0 Å². The highest BCUT2D eigenvalue weighted by Gasteiger charge is 2.65. The summed E-state index contributed by atoms with van der Waals surface area (Å²) in [7, 11) is 0. The van der Waals surface area contributed by atoms with Gasteiger partial charge in [-0.2, -0.15) is 0 Å². The Morgan fingerprint density at radius 2 is 1.61 bits per heavy atom. The average Bonchev–Trinajstić information content (AvgIpc) is 2.69. The van der Waals surface area contributed by atoms with Crippen molar-refractivity contribution >= 4 is 5.91 Å². The Bertz CT molecular complexity index is 315. The summed E-state index contributed by atoms with van der Waals surface area (Å²) in [4.78, 5) is 12.1. The quantitative estimate of drug-likeness (QED) is 0.807. The van der Waals surface area contributed by atoms with Gasteiger partial charge in [-0.1, -0.05) is 40.5 Å². The van der Waals surface area contributed by atoms with Crippen molar-refractivity contribution in [1.82, 2.24) is 10.6 Å². The van der Waals surface area contributed by atoms with Gasteiger partial charge in [0.15, 0.2) is 0 Å². The van der Waals surface area contributed by atoms with Gasteiger partial charge in [0.2, 0.25) is 5.91 Å². The topological polar surface area (TPSA) is 41.1 Å². The fourth-order valence-corrected chi connectivity index (χ4v) is 3.34. The average molecular weight is 252 g/mol. The molecule has 0 spiro atoms. The van der Waals surface area contributed by atoms with Crippen LogP contribution in [-0.2, 0) is 4.79 Å². The molecular formula is C15H28N2O. The van der Waals surface area contributed by atoms with Gasteiger partial charge in [-0.25, -0.2) is 0 Å². The van der Waals surface area contributed by atoms with Crippen molar-refractivity contribution in [3.05, 3.63) is 0 Å². The first-order valence-electron chi connectivity index (χ1n) is 7.33. The molecule has 1 unspecified atom stereocenters. The second-order valence-corrected chi connectivity index (χ2v) is 7.25. The lowest BCUT2D eigenvalue weighted by Crippen LogP contribution is -2.47. The smallest absolute Gasteiger partial charge is 0.237 e. The van der Waals surface area contributed by atoms with E-state index in [-0.39, 0.29) is 22.8 Å². The van der Waals surface area contributed by atoms with Gasteiger partial charge in [-0.15, -0.1) is 0 Å². The number of carbonyl (C=O) groups excluding carboxylic acids is 1. The summed E-state index contributed by atoms with van der Waals surface area (Å²) < 4.78 is 0. The van der Waals surface area contributed by atoms with Crippen LogP contribution in [0.3, 0.4) is 0 Å². The minimum absolute atomic E-state index is 0.0864. The molecule has 0 saturated heterocycles. The van der Waals surface area contributed by atoms with E-state index in [0.29, 0.717) is 12.1 Å². The van der Waals surface area contributed by atoms with Crippen LogP contribution in [0.5, 0.6) is 0 Å². The highest BCUT2D eigenvalue weighted by molar-refractivity contribution is 5.81. The number of carbonyl (C=O) groups is 1. The molecule has 0 heterocycles. The molecule has 0 aromatic heterocycles. The summed E-state index contributed by atoms with van der Waals surface area (Å²) in [5.41, 5.74) is 0.573. The minimum Gasteiger partial charge on any atom is -0.352 e. The third kappa shape index (κ3) is 2.29. The molecular weight excluding hydrogens is 224 g/mol. The van der Waals surface area contributed by atoms with E-state index in [2.05, 4.69) is 38.3 Å². The van der Waals surface area contributed by atoms with E-state index >= 15 is 0 Å². The van der Waals surface area contributed by atoms with Crippen LogP contribution in [0, 0.1) is 10.8 Å². The second kappa shape index (κ2) is 4.52. The van der Waals surface area contributed by atoms with Gasteiger partial charge in [-0.3, -0.25) is 4.79 Å². The summed E-state index contributed by atoms with van der Waals surface area (Å²) in [6, 6.07) is 0.771. The van der Waals surface area contributed by atoms with Gasteiger partial charge in [0, 0.05) is 12.1 Å². The number of rotatable bonds is 4. The lowest BCUT2D eigenvalue weighted by atomic mass is 10.0. The van der Waals surface area contributed by atoms with E-state index in [9.17, 15) is 4.79 Å². The van der Waals surface area contributed by atoms with E-state index < -0.39 is 0 Å². The summed E-state index contributed by atoms with van der Waals surface area (Å²) >= 11 is 0. The molecule has 0 aliphatic heterocycles. The largest absolute Gasteiger partial charge is 0.352 e. The Morgan fingerprint density at radius 1 is 1.11 bits per heavy atom. The van der Waals surface area contributed by atoms with Crippen molar-refractivity contribution in [2.24, 2.45) is 10.8 Å². The van der Waals surface area contributed by atoms with Crippen LogP contribution in [0.25, 0.3) is 0 Å². The Labute approximate surface area is 111 Å². The fourth-order valence-electron chi connectivity index (χ4n) is 3.34. The Kier molecular flexibility index (Phi) is 3.48. The standard InChI is InChI=1S/C15H28N2O/c1-10(12(18)17-11-8-6-7-9-11)16-13-14(2,3)15(13,4)5/h10-11,13,16H,6-9H2,1-5H3,(H,17,18). The van der Waals surface area contributed by atoms with Gasteiger partial charge in [-0.05, 0) is 30.6 Å². The molecule has 2 N–H and O–H groups in total. The van der Waals surface area contributed by atoms with Crippen LogP contribution in [0.15, 0.2) is 0 Å². The fraction of sp³-hybridized carbons (Fsp3) is 0.933. The van der Waals surface area contributed by atoms with Crippen molar-refractivity contribution in [1.29, 1.82) is 0 Å². The number of amides is 1. The molecule has 18 heavy (non-hydrogen) atoms. The maximum Gasteiger partial charge on any atom is 0.237 e. The summed E-state index contributed by atoms with van der Waals surface area (Å²) in [6.45, 7) is 11.1. The molecule has 104 valence electrons. The van der Waals surface area contributed by atoms with Gasteiger partial charge in [0.25, 0.3) is 0 Å². The molecule has 0 bridgehead atoms. The molecule has 2 fully saturated rings. The zero-order valence-corrected chi connectivity index (χ0v) is 12.5. The van der Waals surface area contributed by atoms with Crippen LogP contribution < -0.4 is 10.6 Å². The van der Waals surface area contributed by atoms with Crippen LogP contribution >= 0.6 is 0 Å². The molecule has 2 aliphatic rings. The number of hydrogen-bond donors (Lipinski definition) is 2. The normalized spacial score (nSPS) is 28.1. The van der Waals surface area contributed by atoms with Crippen LogP contribution in [-0.4, -0.2) is 24.0 Å². The van der Waals surface area contributed by atoms with Gasteiger partial charge >= 0.3 is 0 Å².